The van der Waals surface area contributed by atoms with Crippen molar-refractivity contribution in [3.05, 3.63) is 29.8 Å². The molecule has 2 rings (SSSR count). The van der Waals surface area contributed by atoms with Crippen molar-refractivity contribution >= 4 is 36.4 Å². The highest BCUT2D eigenvalue weighted by atomic mass is 35.5. The van der Waals surface area contributed by atoms with Gasteiger partial charge >= 0.3 is 0 Å². The molecule has 1 fully saturated rings. The summed E-state index contributed by atoms with van der Waals surface area (Å²) in [6.07, 6.45) is 3.33. The topological polar surface area (TPSA) is 35.6 Å². The molecular weight excluding hydrogens is 345 g/mol. The number of hydrogen-bond donors (Lipinski definition) is 1. The lowest BCUT2D eigenvalue weighted by atomic mass is 9.96. The van der Waals surface area contributed by atoms with Crippen LogP contribution in [0.5, 0.6) is 0 Å². The first-order valence-corrected chi connectivity index (χ1v) is 8.40. The van der Waals surface area contributed by atoms with E-state index in [2.05, 4.69) is 36.3 Å². The van der Waals surface area contributed by atoms with Gasteiger partial charge in [-0.15, -0.1) is 24.8 Å². The largest absolute Gasteiger partial charge is 0.375 e. The van der Waals surface area contributed by atoms with E-state index >= 15 is 0 Å². The van der Waals surface area contributed by atoms with Crippen LogP contribution in [0.2, 0.25) is 0 Å². The molecule has 0 spiro atoms. The van der Waals surface area contributed by atoms with Gasteiger partial charge in [0.25, 0.3) is 5.91 Å². The zero-order valence-corrected chi connectivity index (χ0v) is 16.6. The molecule has 1 aliphatic heterocycles. The molecule has 0 radical (unpaired) electrons. The predicted molar refractivity (Wildman–Crippen MR) is 107 cm³/mol. The van der Waals surface area contributed by atoms with Crippen molar-refractivity contribution in [2.75, 3.05) is 45.2 Å². The van der Waals surface area contributed by atoms with Gasteiger partial charge in [0.05, 0.1) is 0 Å². The third kappa shape index (κ3) is 6.15. The molecule has 0 aromatic heterocycles. The third-order valence-corrected chi connectivity index (χ3v) is 4.51. The van der Waals surface area contributed by atoms with E-state index < -0.39 is 0 Å². The number of nitrogens with one attached hydrogen (secondary N) is 1. The Morgan fingerprint density at radius 3 is 2.29 bits per heavy atom. The summed E-state index contributed by atoms with van der Waals surface area (Å²) in [4.78, 5) is 16.8. The molecule has 138 valence electrons. The maximum absolute atomic E-state index is 12.6. The molecule has 0 unspecified atom stereocenters. The van der Waals surface area contributed by atoms with Gasteiger partial charge in [0, 0.05) is 37.9 Å². The highest BCUT2D eigenvalue weighted by Crippen LogP contribution is 2.20. The number of halogens is 2. The Morgan fingerprint density at radius 1 is 1.21 bits per heavy atom. The minimum absolute atomic E-state index is 0. The summed E-state index contributed by atoms with van der Waals surface area (Å²) in [5, 5.41) is 3.23. The first-order valence-electron chi connectivity index (χ1n) is 8.40. The monoisotopic (exact) mass is 375 g/mol. The number of rotatable bonds is 6. The molecular formula is C18H31Cl2N3O. The van der Waals surface area contributed by atoms with E-state index in [1.807, 2.05) is 24.1 Å². The summed E-state index contributed by atoms with van der Waals surface area (Å²) in [7, 11) is 4.08. The quantitative estimate of drug-likeness (QED) is 0.826. The van der Waals surface area contributed by atoms with Crippen LogP contribution in [0.4, 0.5) is 5.69 Å². The van der Waals surface area contributed by atoms with E-state index in [4.69, 9.17) is 0 Å². The van der Waals surface area contributed by atoms with E-state index in [1.54, 1.807) is 0 Å². The van der Waals surface area contributed by atoms with Gasteiger partial charge in [-0.2, -0.15) is 0 Å². The zero-order chi connectivity index (χ0) is 15.9. The van der Waals surface area contributed by atoms with Crippen molar-refractivity contribution in [1.82, 2.24) is 10.2 Å². The molecule has 24 heavy (non-hydrogen) atoms. The van der Waals surface area contributed by atoms with E-state index in [-0.39, 0.29) is 30.7 Å². The molecule has 1 saturated heterocycles. The number of likely N-dealkylation sites (tertiary alicyclic amines) is 1. The lowest BCUT2D eigenvalue weighted by Crippen LogP contribution is -2.40. The second-order valence-electron chi connectivity index (χ2n) is 6.26. The maximum atomic E-state index is 12.6. The van der Waals surface area contributed by atoms with Crippen LogP contribution >= 0.6 is 24.8 Å². The normalized spacial score (nSPS) is 14.5. The Bertz CT molecular complexity index is 474. The Hall–Kier alpha value is -0.970. The summed E-state index contributed by atoms with van der Waals surface area (Å²) in [6.45, 7) is 6.02. The number of hydrogen-bond acceptors (Lipinski definition) is 3. The fraction of sp³-hybridized carbons (Fsp3) is 0.611. The first-order chi connectivity index (χ1) is 10.7. The standard InChI is InChI=1S/C18H29N3O.2ClH/c1-4-11-20(3)17-7-5-16(6-8-17)18(22)21-12-9-15(10-13-21)14-19-2;;/h5-8,15,19H,4,9-14H2,1-3H3;2*1H. The van der Waals surface area contributed by atoms with E-state index in [0.717, 1.165) is 51.0 Å². The van der Waals surface area contributed by atoms with Gasteiger partial charge in [0.2, 0.25) is 0 Å². The molecule has 4 nitrogen and oxygen atoms in total. The van der Waals surface area contributed by atoms with Crippen LogP contribution in [0.25, 0.3) is 0 Å². The number of anilines is 1. The second-order valence-corrected chi connectivity index (χ2v) is 6.26. The molecule has 1 aromatic carbocycles. The van der Waals surface area contributed by atoms with Crippen molar-refractivity contribution < 1.29 is 4.79 Å². The molecule has 1 N–H and O–H groups in total. The fourth-order valence-corrected chi connectivity index (χ4v) is 3.13. The number of nitrogens with zero attached hydrogens (tertiary/aromatic N) is 2. The Morgan fingerprint density at radius 2 is 1.79 bits per heavy atom. The number of benzene rings is 1. The number of piperidine rings is 1. The van der Waals surface area contributed by atoms with Gasteiger partial charge < -0.3 is 15.1 Å². The summed E-state index contributed by atoms with van der Waals surface area (Å²) in [6, 6.07) is 8.03. The minimum atomic E-state index is 0. The van der Waals surface area contributed by atoms with Crippen molar-refractivity contribution in [2.24, 2.45) is 5.92 Å². The minimum Gasteiger partial charge on any atom is -0.375 e. The summed E-state index contributed by atoms with van der Waals surface area (Å²) in [5.41, 5.74) is 1.98. The molecule has 1 aliphatic rings. The van der Waals surface area contributed by atoms with Crippen molar-refractivity contribution in [3.8, 4) is 0 Å². The molecule has 0 atom stereocenters. The summed E-state index contributed by atoms with van der Waals surface area (Å²) < 4.78 is 0. The van der Waals surface area contributed by atoms with Gasteiger partial charge in [-0.05, 0) is 63.0 Å². The van der Waals surface area contributed by atoms with Gasteiger partial charge in [0.1, 0.15) is 0 Å². The Balaban J connectivity index is 0.00000264. The van der Waals surface area contributed by atoms with Crippen LogP contribution in [0.15, 0.2) is 24.3 Å². The lowest BCUT2D eigenvalue weighted by Gasteiger charge is -2.32. The van der Waals surface area contributed by atoms with Crippen LogP contribution < -0.4 is 10.2 Å². The summed E-state index contributed by atoms with van der Waals surface area (Å²) in [5.74, 6) is 0.881. The highest BCUT2D eigenvalue weighted by molar-refractivity contribution is 5.94. The highest BCUT2D eigenvalue weighted by Gasteiger charge is 2.23. The van der Waals surface area contributed by atoms with Gasteiger partial charge in [-0.1, -0.05) is 6.92 Å². The van der Waals surface area contributed by atoms with Gasteiger partial charge in [-0.3, -0.25) is 4.79 Å². The van der Waals surface area contributed by atoms with Crippen LogP contribution in [-0.4, -0.2) is 51.1 Å². The van der Waals surface area contributed by atoms with E-state index in [1.165, 1.54) is 5.69 Å². The number of carbonyl (C=O) groups excluding carboxylic acids is 1. The Labute approximate surface area is 158 Å². The third-order valence-electron chi connectivity index (χ3n) is 4.51. The van der Waals surface area contributed by atoms with Crippen LogP contribution in [0.3, 0.4) is 0 Å². The average Bonchev–Trinajstić information content (AvgIpc) is 2.55. The Kier molecular flexibility index (Phi) is 11.1. The van der Waals surface area contributed by atoms with Gasteiger partial charge in [-0.25, -0.2) is 0 Å². The number of amides is 1. The number of carbonyl (C=O) groups is 1. The predicted octanol–water partition coefficient (Wildman–Crippen LogP) is 3.45. The SMILES string of the molecule is CCCN(C)c1ccc(C(=O)N2CCC(CNC)CC2)cc1.Cl.Cl. The smallest absolute Gasteiger partial charge is 0.253 e. The molecule has 1 heterocycles. The van der Waals surface area contributed by atoms with Crippen LogP contribution in [0, 0.1) is 5.92 Å². The van der Waals surface area contributed by atoms with Crippen molar-refractivity contribution in [2.45, 2.75) is 26.2 Å². The lowest BCUT2D eigenvalue weighted by molar-refractivity contribution is 0.0691. The van der Waals surface area contributed by atoms with Crippen molar-refractivity contribution in [3.63, 3.8) is 0 Å². The van der Waals surface area contributed by atoms with Crippen LogP contribution in [-0.2, 0) is 0 Å². The molecule has 0 saturated carbocycles. The summed E-state index contributed by atoms with van der Waals surface area (Å²) >= 11 is 0. The fourth-order valence-electron chi connectivity index (χ4n) is 3.13. The van der Waals surface area contributed by atoms with E-state index in [9.17, 15) is 4.79 Å². The second kappa shape index (κ2) is 11.6. The molecule has 1 aromatic rings. The molecule has 6 heteroatoms. The van der Waals surface area contributed by atoms with E-state index in [0.29, 0.717) is 5.92 Å². The van der Waals surface area contributed by atoms with Crippen LogP contribution in [0.1, 0.15) is 36.5 Å². The van der Waals surface area contributed by atoms with Gasteiger partial charge in [0.15, 0.2) is 0 Å². The molecule has 0 aliphatic carbocycles. The zero-order valence-electron chi connectivity index (χ0n) is 15.0. The molecule has 1 amide bonds. The maximum Gasteiger partial charge on any atom is 0.253 e. The molecule has 0 bridgehead atoms. The average molecular weight is 376 g/mol. The van der Waals surface area contributed by atoms with Crippen molar-refractivity contribution in [1.29, 1.82) is 0 Å². The first kappa shape index (κ1) is 23.0.